The Bertz CT molecular complexity index is 424. The van der Waals surface area contributed by atoms with Gasteiger partial charge in [-0.2, -0.15) is 0 Å². The van der Waals surface area contributed by atoms with Gasteiger partial charge in [0.15, 0.2) is 5.79 Å². The quantitative estimate of drug-likeness (QED) is 0.864. The van der Waals surface area contributed by atoms with Crippen molar-refractivity contribution in [2.45, 2.75) is 63.9 Å². The van der Waals surface area contributed by atoms with Gasteiger partial charge in [-0.25, -0.2) is 0 Å². The van der Waals surface area contributed by atoms with Crippen LogP contribution in [0, 0.1) is 11.3 Å². The average molecular weight is 297 g/mol. The molecule has 120 valence electrons. The summed E-state index contributed by atoms with van der Waals surface area (Å²) in [6.45, 7) is 7.60. The monoisotopic (exact) mass is 297 g/mol. The van der Waals surface area contributed by atoms with Crippen molar-refractivity contribution in [1.29, 1.82) is 0 Å². The van der Waals surface area contributed by atoms with E-state index in [-0.39, 0.29) is 28.9 Å². The number of nitrogens with one attached hydrogen (secondary N) is 1. The van der Waals surface area contributed by atoms with E-state index in [1.807, 2.05) is 0 Å². The highest BCUT2D eigenvalue weighted by atomic mass is 16.7. The SMILES string of the molecule is COC1(C)CC(NC(=O)C2CCCC23OCCO3)C1(C)C. The molecule has 5 nitrogen and oxygen atoms in total. The van der Waals surface area contributed by atoms with Gasteiger partial charge >= 0.3 is 0 Å². The fraction of sp³-hybridized carbons (Fsp3) is 0.938. The van der Waals surface area contributed by atoms with Gasteiger partial charge in [-0.15, -0.1) is 0 Å². The first-order chi connectivity index (χ1) is 9.85. The molecular weight excluding hydrogens is 270 g/mol. The first-order valence-corrected chi connectivity index (χ1v) is 7.98. The lowest BCUT2D eigenvalue weighted by Gasteiger charge is -2.59. The maximum Gasteiger partial charge on any atom is 0.228 e. The normalized spacial score (nSPS) is 40.2. The lowest BCUT2D eigenvalue weighted by Crippen LogP contribution is -2.69. The average Bonchev–Trinajstić information content (AvgIpc) is 3.08. The summed E-state index contributed by atoms with van der Waals surface area (Å²) in [4.78, 5) is 12.7. The van der Waals surface area contributed by atoms with Crippen molar-refractivity contribution in [1.82, 2.24) is 5.32 Å². The third-order valence-electron chi connectivity index (χ3n) is 6.24. The molecule has 1 amide bonds. The molecule has 1 N–H and O–H groups in total. The number of amides is 1. The number of ether oxygens (including phenoxy) is 3. The molecule has 5 heteroatoms. The van der Waals surface area contributed by atoms with Gasteiger partial charge in [0.05, 0.1) is 24.7 Å². The second-order valence-corrected chi connectivity index (χ2v) is 7.38. The van der Waals surface area contributed by atoms with E-state index in [0.717, 1.165) is 25.7 Å². The van der Waals surface area contributed by atoms with E-state index in [1.165, 1.54) is 0 Å². The van der Waals surface area contributed by atoms with Crippen LogP contribution in [-0.2, 0) is 19.0 Å². The molecule has 3 unspecified atom stereocenters. The highest BCUT2D eigenvalue weighted by molar-refractivity contribution is 5.80. The van der Waals surface area contributed by atoms with Crippen LogP contribution < -0.4 is 5.32 Å². The first-order valence-electron chi connectivity index (χ1n) is 7.98. The molecule has 2 aliphatic carbocycles. The van der Waals surface area contributed by atoms with Crippen molar-refractivity contribution in [2.24, 2.45) is 11.3 Å². The lowest BCUT2D eigenvalue weighted by molar-refractivity contribution is -0.197. The molecule has 0 aromatic carbocycles. The molecule has 0 radical (unpaired) electrons. The molecule has 3 atom stereocenters. The molecule has 1 aliphatic heterocycles. The zero-order chi connectivity index (χ0) is 15.3. The Hall–Kier alpha value is -0.650. The number of hydrogen-bond donors (Lipinski definition) is 1. The minimum atomic E-state index is -0.650. The van der Waals surface area contributed by atoms with E-state index in [1.54, 1.807) is 7.11 Å². The summed E-state index contributed by atoms with van der Waals surface area (Å²) in [7, 11) is 1.74. The van der Waals surface area contributed by atoms with Gasteiger partial charge < -0.3 is 19.5 Å². The summed E-state index contributed by atoms with van der Waals surface area (Å²) in [5.74, 6) is -0.751. The minimum absolute atomic E-state index is 0.0689. The van der Waals surface area contributed by atoms with Gasteiger partial charge in [-0.05, 0) is 26.2 Å². The minimum Gasteiger partial charge on any atom is -0.378 e. The van der Waals surface area contributed by atoms with Crippen molar-refractivity contribution in [3.8, 4) is 0 Å². The van der Waals surface area contributed by atoms with Crippen LogP contribution in [0.1, 0.15) is 46.5 Å². The van der Waals surface area contributed by atoms with Crippen molar-refractivity contribution in [2.75, 3.05) is 20.3 Å². The molecule has 3 fully saturated rings. The molecule has 0 aromatic rings. The summed E-state index contributed by atoms with van der Waals surface area (Å²) in [6, 6.07) is 0.147. The highest BCUT2D eigenvalue weighted by Gasteiger charge is 2.59. The van der Waals surface area contributed by atoms with Crippen molar-refractivity contribution in [3.05, 3.63) is 0 Å². The van der Waals surface area contributed by atoms with Crippen LogP contribution in [0.15, 0.2) is 0 Å². The lowest BCUT2D eigenvalue weighted by atomic mass is 9.55. The van der Waals surface area contributed by atoms with Crippen LogP contribution >= 0.6 is 0 Å². The third kappa shape index (κ3) is 2.13. The van der Waals surface area contributed by atoms with Crippen molar-refractivity contribution < 1.29 is 19.0 Å². The van der Waals surface area contributed by atoms with E-state index in [4.69, 9.17) is 14.2 Å². The van der Waals surface area contributed by atoms with Gasteiger partial charge in [-0.1, -0.05) is 13.8 Å². The smallest absolute Gasteiger partial charge is 0.228 e. The van der Waals surface area contributed by atoms with Gasteiger partial charge in [-0.3, -0.25) is 4.79 Å². The molecule has 1 heterocycles. The zero-order valence-electron chi connectivity index (χ0n) is 13.5. The van der Waals surface area contributed by atoms with Crippen LogP contribution in [0.3, 0.4) is 0 Å². The number of carbonyl (C=O) groups is 1. The predicted molar refractivity (Wildman–Crippen MR) is 77.7 cm³/mol. The van der Waals surface area contributed by atoms with Gasteiger partial charge in [0.2, 0.25) is 5.91 Å². The van der Waals surface area contributed by atoms with Crippen LogP contribution in [0.25, 0.3) is 0 Å². The Labute approximate surface area is 126 Å². The van der Waals surface area contributed by atoms with E-state index >= 15 is 0 Å². The summed E-state index contributed by atoms with van der Waals surface area (Å²) < 4.78 is 17.2. The van der Waals surface area contributed by atoms with E-state index in [9.17, 15) is 4.79 Å². The highest BCUT2D eigenvalue weighted by Crippen LogP contribution is 2.52. The fourth-order valence-electron chi connectivity index (χ4n) is 4.09. The number of methoxy groups -OCH3 is 1. The van der Waals surface area contributed by atoms with Gasteiger partial charge in [0, 0.05) is 25.0 Å². The van der Waals surface area contributed by atoms with Crippen molar-refractivity contribution >= 4 is 5.91 Å². The molecule has 1 saturated heterocycles. The molecule has 0 bridgehead atoms. The molecule has 3 rings (SSSR count). The Morgan fingerprint density at radius 2 is 1.90 bits per heavy atom. The zero-order valence-corrected chi connectivity index (χ0v) is 13.5. The molecule has 2 saturated carbocycles. The second-order valence-electron chi connectivity index (χ2n) is 7.38. The molecule has 3 aliphatic rings. The van der Waals surface area contributed by atoms with Crippen LogP contribution in [0.4, 0.5) is 0 Å². The summed E-state index contributed by atoms with van der Waals surface area (Å²) >= 11 is 0. The largest absolute Gasteiger partial charge is 0.378 e. The standard InChI is InChI=1S/C16H27NO4/c1-14(2)12(10-15(14,3)19-4)17-13(18)11-6-5-7-16(11)20-8-9-21-16/h11-12H,5-10H2,1-4H3,(H,17,18). The second kappa shape index (κ2) is 4.93. The van der Waals surface area contributed by atoms with E-state index in [2.05, 4.69) is 26.1 Å². The summed E-state index contributed by atoms with van der Waals surface area (Å²) in [5.41, 5.74) is -0.237. The van der Waals surface area contributed by atoms with Gasteiger partial charge in [0.25, 0.3) is 0 Å². The Balaban J connectivity index is 1.65. The Kier molecular flexibility index (Phi) is 3.58. The third-order valence-corrected chi connectivity index (χ3v) is 6.24. The van der Waals surface area contributed by atoms with Crippen molar-refractivity contribution in [3.63, 3.8) is 0 Å². The van der Waals surface area contributed by atoms with Crippen LogP contribution in [0.2, 0.25) is 0 Å². The number of hydrogen-bond acceptors (Lipinski definition) is 4. The van der Waals surface area contributed by atoms with Gasteiger partial charge in [0.1, 0.15) is 0 Å². The predicted octanol–water partition coefficient (Wildman–Crippen LogP) is 1.85. The Morgan fingerprint density at radius 1 is 1.24 bits per heavy atom. The molecular formula is C16H27NO4. The number of carbonyl (C=O) groups excluding carboxylic acids is 1. The first kappa shape index (κ1) is 15.3. The molecule has 1 spiro atoms. The topological polar surface area (TPSA) is 56.8 Å². The van der Waals surface area contributed by atoms with E-state index < -0.39 is 5.79 Å². The van der Waals surface area contributed by atoms with Crippen LogP contribution in [0.5, 0.6) is 0 Å². The number of rotatable bonds is 3. The fourth-order valence-corrected chi connectivity index (χ4v) is 4.09. The summed E-state index contributed by atoms with van der Waals surface area (Å²) in [6.07, 6.45) is 3.51. The molecule has 0 aromatic heterocycles. The maximum absolute atomic E-state index is 12.7. The van der Waals surface area contributed by atoms with E-state index in [0.29, 0.717) is 13.2 Å². The summed E-state index contributed by atoms with van der Waals surface area (Å²) in [5, 5.41) is 3.21. The molecule has 21 heavy (non-hydrogen) atoms. The Morgan fingerprint density at radius 3 is 2.48 bits per heavy atom. The maximum atomic E-state index is 12.7. The van der Waals surface area contributed by atoms with Crippen LogP contribution in [-0.4, -0.2) is 43.7 Å².